The van der Waals surface area contributed by atoms with Crippen LogP contribution in [0.15, 0.2) is 115 Å². The van der Waals surface area contributed by atoms with Crippen molar-refractivity contribution < 1.29 is 39.6 Å². The minimum absolute atomic E-state index is 0. The summed E-state index contributed by atoms with van der Waals surface area (Å²) < 4.78 is 3.14. The molecule has 0 saturated carbocycles. The Balaban J connectivity index is 0.000000516. The molecule has 0 saturated heterocycles. The number of carboxylic acids is 4. The molecule has 0 unspecified atom stereocenters. The first-order valence-corrected chi connectivity index (χ1v) is 13.9. The van der Waals surface area contributed by atoms with Gasteiger partial charge in [0.15, 0.2) is 0 Å². The Morgan fingerprint density at radius 3 is 0.659 bits per heavy atom. The van der Waals surface area contributed by atoms with Gasteiger partial charge in [-0.1, -0.05) is 88.0 Å². The van der Waals surface area contributed by atoms with E-state index in [0.717, 1.165) is 17.9 Å². The SMILES string of the molecule is O=C(O)c1cccc(Br)c1.O=C(O)c1cccc(Br)c1.O=C(O)c1cccc(Br)c1.O=C(O)c1cccc(Br)c1.[Pb]. The van der Waals surface area contributed by atoms with Crippen LogP contribution in [0.25, 0.3) is 0 Å². The Hall–Kier alpha value is -2.40. The van der Waals surface area contributed by atoms with Gasteiger partial charge in [-0.2, -0.15) is 0 Å². The first-order valence-electron chi connectivity index (χ1n) is 10.8. The molecule has 4 N–H and O–H groups in total. The number of hydrogen-bond acceptors (Lipinski definition) is 4. The Morgan fingerprint density at radius 1 is 0.390 bits per heavy atom. The molecule has 4 radical (unpaired) electrons. The van der Waals surface area contributed by atoms with Crippen molar-refractivity contribution >= 4 is 115 Å². The van der Waals surface area contributed by atoms with Crippen LogP contribution in [0, 0.1) is 0 Å². The molecule has 0 aliphatic heterocycles. The molecule has 4 rings (SSSR count). The fraction of sp³-hybridized carbons (Fsp3) is 0. The number of rotatable bonds is 4. The molecule has 41 heavy (non-hydrogen) atoms. The third kappa shape index (κ3) is 16.6. The number of benzene rings is 4. The largest absolute Gasteiger partial charge is 0.478 e. The van der Waals surface area contributed by atoms with Crippen LogP contribution < -0.4 is 0 Å². The second kappa shape index (κ2) is 20.5. The van der Waals surface area contributed by atoms with Crippen molar-refractivity contribution in [2.45, 2.75) is 0 Å². The van der Waals surface area contributed by atoms with Crippen LogP contribution >= 0.6 is 63.7 Å². The zero-order chi connectivity index (χ0) is 30.2. The maximum absolute atomic E-state index is 10.3. The minimum atomic E-state index is -0.902. The number of carboxylic acid groups (broad SMARTS) is 4. The summed E-state index contributed by atoms with van der Waals surface area (Å²) in [4.78, 5) is 41.3. The molecule has 0 aliphatic carbocycles. The number of carbonyl (C=O) groups is 4. The Labute approximate surface area is 289 Å². The van der Waals surface area contributed by atoms with Crippen LogP contribution in [-0.4, -0.2) is 71.6 Å². The average Bonchev–Trinajstić information content (AvgIpc) is 2.90. The van der Waals surface area contributed by atoms with E-state index in [1.807, 2.05) is 0 Å². The summed E-state index contributed by atoms with van der Waals surface area (Å²) >= 11 is 12.7. The summed E-state index contributed by atoms with van der Waals surface area (Å²) in [6, 6.07) is 26.3. The Bertz CT molecular complexity index is 1260. The molecule has 0 atom stereocenters. The molecule has 4 aromatic rings. The Kier molecular flexibility index (Phi) is 19.3. The van der Waals surface area contributed by atoms with Gasteiger partial charge in [0.05, 0.1) is 22.3 Å². The number of aromatic carboxylic acids is 4. The molecule has 8 nitrogen and oxygen atoms in total. The molecule has 0 aromatic heterocycles. The molecular formula is C28H20Br4O8Pb. The van der Waals surface area contributed by atoms with Gasteiger partial charge in [0.1, 0.15) is 0 Å². The zero-order valence-corrected chi connectivity index (χ0v) is 30.9. The van der Waals surface area contributed by atoms with E-state index >= 15 is 0 Å². The maximum atomic E-state index is 10.3. The van der Waals surface area contributed by atoms with E-state index in [4.69, 9.17) is 20.4 Å². The predicted molar refractivity (Wildman–Crippen MR) is 170 cm³/mol. The van der Waals surface area contributed by atoms with E-state index in [9.17, 15) is 19.2 Å². The van der Waals surface area contributed by atoms with Crippen molar-refractivity contribution in [1.29, 1.82) is 0 Å². The molecular weight excluding hydrogens is 991 g/mol. The smallest absolute Gasteiger partial charge is 0.335 e. The fourth-order valence-corrected chi connectivity index (χ4v) is 4.08. The van der Waals surface area contributed by atoms with Crippen molar-refractivity contribution in [3.63, 3.8) is 0 Å². The topological polar surface area (TPSA) is 149 Å². The van der Waals surface area contributed by atoms with E-state index < -0.39 is 23.9 Å². The molecule has 13 heteroatoms. The van der Waals surface area contributed by atoms with Crippen molar-refractivity contribution in [1.82, 2.24) is 0 Å². The van der Waals surface area contributed by atoms with E-state index in [1.165, 1.54) is 0 Å². The van der Waals surface area contributed by atoms with Crippen LogP contribution in [0.3, 0.4) is 0 Å². The first kappa shape index (κ1) is 38.6. The van der Waals surface area contributed by atoms with Crippen LogP contribution in [0.5, 0.6) is 0 Å². The van der Waals surface area contributed by atoms with Gasteiger partial charge in [0.25, 0.3) is 0 Å². The summed E-state index contributed by atoms with van der Waals surface area (Å²) in [6.45, 7) is 0. The number of hydrogen-bond donors (Lipinski definition) is 4. The zero-order valence-electron chi connectivity index (χ0n) is 20.7. The molecule has 4 aromatic carbocycles. The minimum Gasteiger partial charge on any atom is -0.478 e. The molecule has 0 heterocycles. The summed E-state index contributed by atoms with van der Waals surface area (Å²) in [5.41, 5.74) is 1.20. The van der Waals surface area contributed by atoms with Crippen LogP contribution in [0.2, 0.25) is 0 Å². The maximum Gasteiger partial charge on any atom is 0.335 e. The quantitative estimate of drug-likeness (QED) is 0.150. The van der Waals surface area contributed by atoms with Gasteiger partial charge in [-0.3, -0.25) is 0 Å². The van der Waals surface area contributed by atoms with Gasteiger partial charge in [-0.15, -0.1) is 0 Å². The van der Waals surface area contributed by atoms with Crippen molar-refractivity contribution in [3.05, 3.63) is 137 Å². The van der Waals surface area contributed by atoms with Crippen molar-refractivity contribution in [2.24, 2.45) is 0 Å². The van der Waals surface area contributed by atoms with Crippen molar-refractivity contribution in [3.8, 4) is 0 Å². The molecule has 0 bridgehead atoms. The van der Waals surface area contributed by atoms with E-state index in [1.54, 1.807) is 97.1 Å². The van der Waals surface area contributed by atoms with E-state index in [-0.39, 0.29) is 27.3 Å². The van der Waals surface area contributed by atoms with Gasteiger partial charge in [-0.25, -0.2) is 19.2 Å². The monoisotopic (exact) mass is 1010 g/mol. The van der Waals surface area contributed by atoms with E-state index in [2.05, 4.69) is 63.7 Å². The Morgan fingerprint density at radius 2 is 0.561 bits per heavy atom. The summed E-state index contributed by atoms with van der Waals surface area (Å²) in [5.74, 6) is -3.61. The molecule has 212 valence electrons. The number of halogens is 4. The third-order valence-corrected chi connectivity index (χ3v) is 6.26. The van der Waals surface area contributed by atoms with Crippen LogP contribution in [0.1, 0.15) is 41.4 Å². The van der Waals surface area contributed by atoms with Gasteiger partial charge < -0.3 is 20.4 Å². The fourth-order valence-electron chi connectivity index (χ4n) is 2.49. The molecule has 0 amide bonds. The standard InChI is InChI=1S/4C7H5BrO2.Pb/c4*8-6-3-1-2-5(4-6)7(9)10;/h4*1-4H,(H,9,10);. The second-order valence-electron chi connectivity index (χ2n) is 7.26. The molecule has 0 aliphatic rings. The van der Waals surface area contributed by atoms with E-state index in [0.29, 0.717) is 22.3 Å². The average molecular weight is 1010 g/mol. The van der Waals surface area contributed by atoms with Gasteiger partial charge >= 0.3 is 23.9 Å². The first-order chi connectivity index (χ1) is 18.8. The third-order valence-electron chi connectivity index (χ3n) is 4.29. The second-order valence-corrected chi connectivity index (χ2v) is 10.9. The predicted octanol–water partition coefficient (Wildman–Crippen LogP) is 8.21. The summed E-state index contributed by atoms with van der Waals surface area (Å²) in [7, 11) is 0. The van der Waals surface area contributed by atoms with Crippen molar-refractivity contribution in [2.75, 3.05) is 0 Å². The van der Waals surface area contributed by atoms with Gasteiger partial charge in [-0.05, 0) is 72.8 Å². The molecule has 0 fully saturated rings. The summed E-state index contributed by atoms with van der Waals surface area (Å²) in [5, 5.41) is 34.0. The van der Waals surface area contributed by atoms with Gasteiger partial charge in [0.2, 0.25) is 0 Å². The van der Waals surface area contributed by atoms with Crippen LogP contribution in [0.4, 0.5) is 0 Å². The van der Waals surface area contributed by atoms with Gasteiger partial charge in [0, 0.05) is 45.2 Å². The normalized spacial score (nSPS) is 9.07. The molecule has 0 spiro atoms. The summed E-state index contributed by atoms with van der Waals surface area (Å²) in [6.07, 6.45) is 0. The van der Waals surface area contributed by atoms with Crippen LogP contribution in [-0.2, 0) is 0 Å².